The third-order valence-corrected chi connectivity index (χ3v) is 5.86. The predicted molar refractivity (Wildman–Crippen MR) is 74.6 cm³/mol. The minimum atomic E-state index is -0.437. The first kappa shape index (κ1) is 19.3. The van der Waals surface area contributed by atoms with Crippen molar-refractivity contribution in [1.29, 1.82) is 0 Å². The van der Waals surface area contributed by atoms with Gasteiger partial charge in [0.15, 0.2) is 0 Å². The molecular formula is C7H12Cl7N. The van der Waals surface area contributed by atoms with E-state index in [0.717, 1.165) is 0 Å². The number of halogens is 7. The molecule has 1 aliphatic rings. The van der Waals surface area contributed by atoms with Crippen LogP contribution in [0.15, 0.2) is 0 Å². The molecule has 15 heavy (non-hydrogen) atoms. The molecule has 0 atom stereocenters. The Balaban J connectivity index is 0. The van der Waals surface area contributed by atoms with Crippen LogP contribution < -0.4 is 6.15 Å². The lowest BCUT2D eigenvalue weighted by atomic mass is 9.97. The summed E-state index contributed by atoms with van der Waals surface area (Å²) in [7, 11) is 0. The molecule has 0 aromatic rings. The van der Waals surface area contributed by atoms with Gasteiger partial charge in [-0.05, 0) is 0 Å². The molecule has 1 fully saturated rings. The minimum Gasteiger partial charge on any atom is -0.344 e. The second kappa shape index (κ2) is 8.99. The number of rotatable bonds is 0. The van der Waals surface area contributed by atoms with Crippen molar-refractivity contribution in [3.8, 4) is 0 Å². The van der Waals surface area contributed by atoms with E-state index in [1.54, 1.807) is 0 Å². The van der Waals surface area contributed by atoms with Crippen molar-refractivity contribution in [2.75, 3.05) is 6.38 Å². The zero-order valence-electron chi connectivity index (χ0n) is 7.82. The molecule has 1 rings (SSSR count). The summed E-state index contributed by atoms with van der Waals surface area (Å²) in [5, 5.41) is -2.62. The van der Waals surface area contributed by atoms with E-state index in [0.29, 0.717) is 0 Å². The minimum absolute atomic E-state index is 0. The van der Waals surface area contributed by atoms with Gasteiger partial charge in [0.05, 0.1) is 32.3 Å². The third kappa shape index (κ3) is 4.63. The fraction of sp³-hybridized carbons (Fsp3) is 1.00. The zero-order chi connectivity index (χ0) is 11.5. The highest BCUT2D eigenvalue weighted by molar-refractivity contribution is 6.45. The first-order chi connectivity index (χ1) is 6.46. The van der Waals surface area contributed by atoms with Crippen LogP contribution in [0.2, 0.25) is 0 Å². The molecule has 0 amide bonds. The van der Waals surface area contributed by atoms with Gasteiger partial charge in [-0.3, -0.25) is 0 Å². The maximum atomic E-state index is 5.88. The van der Waals surface area contributed by atoms with E-state index in [9.17, 15) is 0 Å². The molecule has 1 aliphatic carbocycles. The Morgan fingerprint density at radius 1 is 0.467 bits per heavy atom. The van der Waals surface area contributed by atoms with Crippen molar-refractivity contribution in [2.24, 2.45) is 0 Å². The molecule has 0 radical (unpaired) electrons. The summed E-state index contributed by atoms with van der Waals surface area (Å²) in [5.74, 6) is 0. The predicted octanol–water partition coefficient (Wildman–Crippen LogP) is 4.66. The third-order valence-electron chi connectivity index (χ3n) is 1.83. The molecule has 0 aliphatic heterocycles. The SMILES string of the molecule is CCl.ClC1C(Cl)C(Cl)C(Cl)C(Cl)C1Cl.N. The van der Waals surface area contributed by atoms with E-state index in [-0.39, 0.29) is 6.15 Å². The lowest BCUT2D eigenvalue weighted by Gasteiger charge is -2.37. The van der Waals surface area contributed by atoms with Gasteiger partial charge in [-0.25, -0.2) is 0 Å². The molecule has 0 unspecified atom stereocenters. The summed E-state index contributed by atoms with van der Waals surface area (Å²) in [4.78, 5) is 0. The van der Waals surface area contributed by atoms with E-state index in [1.807, 2.05) is 0 Å². The summed E-state index contributed by atoms with van der Waals surface area (Å²) in [5.41, 5.74) is 0. The molecule has 0 heterocycles. The van der Waals surface area contributed by atoms with Gasteiger partial charge in [0.2, 0.25) is 0 Å². The van der Waals surface area contributed by atoms with Gasteiger partial charge in [0, 0.05) is 6.38 Å². The molecule has 94 valence electrons. The van der Waals surface area contributed by atoms with Crippen molar-refractivity contribution in [3.63, 3.8) is 0 Å². The summed E-state index contributed by atoms with van der Waals surface area (Å²) in [6, 6.07) is 0. The van der Waals surface area contributed by atoms with Crippen LogP contribution in [0.5, 0.6) is 0 Å². The normalized spacial score (nSPS) is 44.8. The summed E-state index contributed by atoms with van der Waals surface area (Å²) < 4.78 is 0. The summed E-state index contributed by atoms with van der Waals surface area (Å²) in [6.07, 6.45) is 1.47. The fourth-order valence-corrected chi connectivity index (χ4v) is 3.38. The molecule has 1 saturated carbocycles. The lowest BCUT2D eigenvalue weighted by molar-refractivity contribution is 0.544. The monoisotopic (exact) mass is 355 g/mol. The van der Waals surface area contributed by atoms with Crippen LogP contribution >= 0.6 is 81.2 Å². The van der Waals surface area contributed by atoms with E-state index < -0.39 is 32.3 Å². The first-order valence-electron chi connectivity index (χ1n) is 3.69. The second-order valence-electron chi connectivity index (χ2n) is 2.67. The first-order valence-corrected chi connectivity index (χ1v) is 7.06. The van der Waals surface area contributed by atoms with Gasteiger partial charge >= 0.3 is 0 Å². The average molecular weight is 358 g/mol. The highest BCUT2D eigenvalue weighted by Gasteiger charge is 2.46. The van der Waals surface area contributed by atoms with Crippen molar-refractivity contribution in [2.45, 2.75) is 32.3 Å². The molecule has 3 N–H and O–H groups in total. The highest BCUT2D eigenvalue weighted by Crippen LogP contribution is 2.39. The van der Waals surface area contributed by atoms with Gasteiger partial charge in [0.25, 0.3) is 0 Å². The Morgan fingerprint density at radius 2 is 0.533 bits per heavy atom. The van der Waals surface area contributed by atoms with Gasteiger partial charge in [-0.1, -0.05) is 0 Å². The van der Waals surface area contributed by atoms with E-state index in [4.69, 9.17) is 69.6 Å². The van der Waals surface area contributed by atoms with Gasteiger partial charge in [0.1, 0.15) is 0 Å². The topological polar surface area (TPSA) is 35.0 Å². The van der Waals surface area contributed by atoms with Gasteiger partial charge in [-0.15, -0.1) is 81.2 Å². The van der Waals surface area contributed by atoms with Crippen LogP contribution in [0, 0.1) is 0 Å². The van der Waals surface area contributed by atoms with Crippen molar-refractivity contribution >= 4 is 81.2 Å². The Bertz CT molecular complexity index is 111. The number of hydrogen-bond donors (Lipinski definition) is 1. The quantitative estimate of drug-likeness (QED) is 0.628. The molecule has 0 spiro atoms. The zero-order valence-corrected chi connectivity index (χ0v) is 13.1. The van der Waals surface area contributed by atoms with Crippen LogP contribution in [0.3, 0.4) is 0 Å². The Kier molecular flexibility index (Phi) is 11.6. The second-order valence-corrected chi connectivity index (χ2v) is 5.69. The van der Waals surface area contributed by atoms with Crippen LogP contribution in [0.25, 0.3) is 0 Å². The fourth-order valence-electron chi connectivity index (χ4n) is 1.05. The standard InChI is InChI=1S/C6H6Cl6.CH3Cl.H3N/c7-1-2(8)4(10)6(12)5(11)3(1)9;1-2;/h1-6H;1H3;1H3. The lowest BCUT2D eigenvalue weighted by Crippen LogP contribution is -2.52. The van der Waals surface area contributed by atoms with E-state index in [2.05, 4.69) is 11.6 Å². The van der Waals surface area contributed by atoms with E-state index >= 15 is 0 Å². The highest BCUT2D eigenvalue weighted by atomic mass is 35.5. The Labute approximate surface area is 125 Å². The van der Waals surface area contributed by atoms with Crippen molar-refractivity contribution in [1.82, 2.24) is 6.15 Å². The molecule has 0 bridgehead atoms. The van der Waals surface area contributed by atoms with Crippen LogP contribution in [-0.2, 0) is 0 Å². The number of alkyl halides is 7. The van der Waals surface area contributed by atoms with Gasteiger partial charge in [-0.2, -0.15) is 0 Å². The maximum Gasteiger partial charge on any atom is 0.0693 e. The van der Waals surface area contributed by atoms with Crippen molar-refractivity contribution in [3.05, 3.63) is 0 Å². The van der Waals surface area contributed by atoms with Crippen molar-refractivity contribution < 1.29 is 0 Å². The Hall–Kier alpha value is 1.99. The summed E-state index contributed by atoms with van der Waals surface area (Å²) >= 11 is 39.9. The molecule has 8 heteroatoms. The Morgan fingerprint density at radius 3 is 0.600 bits per heavy atom. The van der Waals surface area contributed by atoms with Crippen LogP contribution in [0.1, 0.15) is 0 Å². The van der Waals surface area contributed by atoms with Crippen LogP contribution in [-0.4, -0.2) is 38.6 Å². The van der Waals surface area contributed by atoms with Crippen LogP contribution in [0.4, 0.5) is 0 Å². The number of hydrogen-bond acceptors (Lipinski definition) is 1. The average Bonchev–Trinajstić information content (AvgIpc) is 2.24. The molecule has 0 aromatic heterocycles. The van der Waals surface area contributed by atoms with Gasteiger partial charge < -0.3 is 6.15 Å². The molecule has 0 aromatic carbocycles. The van der Waals surface area contributed by atoms with E-state index in [1.165, 1.54) is 6.38 Å². The summed E-state index contributed by atoms with van der Waals surface area (Å²) in [6.45, 7) is 0. The largest absolute Gasteiger partial charge is 0.344 e. The maximum absolute atomic E-state index is 5.88. The molecular weight excluding hydrogens is 346 g/mol. The smallest absolute Gasteiger partial charge is 0.0693 e. The molecule has 1 nitrogen and oxygen atoms in total. The molecule has 0 saturated heterocycles.